The number of carbonyl (C=O) groups excluding carboxylic acids is 1. The summed E-state index contributed by atoms with van der Waals surface area (Å²) < 4.78 is 18.6. The van der Waals surface area contributed by atoms with Gasteiger partial charge in [-0.25, -0.2) is 4.39 Å². The van der Waals surface area contributed by atoms with Crippen LogP contribution in [-0.4, -0.2) is 5.78 Å². The smallest absolute Gasteiger partial charge is 0.198 e. The van der Waals surface area contributed by atoms with Gasteiger partial charge in [-0.05, 0) is 44.5 Å². The van der Waals surface area contributed by atoms with Gasteiger partial charge in [-0.15, -0.1) is 0 Å². The number of rotatable bonds is 2. The maximum atomic E-state index is 13.3. The van der Waals surface area contributed by atoms with Crippen LogP contribution in [0.15, 0.2) is 22.6 Å². The number of carbonyl (C=O) groups is 1. The molecule has 94 valence electrons. The lowest BCUT2D eigenvalue weighted by molar-refractivity contribution is 0.103. The molecule has 0 atom stereocenters. The Bertz CT molecular complexity index is 629. The molecule has 1 heterocycles. The predicted octanol–water partition coefficient (Wildman–Crippen LogP) is 4.23. The Kier molecular flexibility index (Phi) is 3.26. The first-order valence-corrected chi connectivity index (χ1v) is 5.85. The summed E-state index contributed by atoms with van der Waals surface area (Å²) in [6, 6.07) is 4.28. The number of aryl methyl sites for hydroxylation is 3. The summed E-state index contributed by atoms with van der Waals surface area (Å²) in [7, 11) is 0. The highest BCUT2D eigenvalue weighted by Crippen LogP contribution is 2.25. The van der Waals surface area contributed by atoms with Gasteiger partial charge in [0.2, 0.25) is 0 Å². The summed E-state index contributed by atoms with van der Waals surface area (Å²) in [6.45, 7) is 5.07. The molecule has 0 fully saturated rings. The molecule has 0 aliphatic rings. The molecular weight excluding hydrogens is 255 g/mol. The number of ketones is 1. The Morgan fingerprint density at radius 2 is 1.83 bits per heavy atom. The van der Waals surface area contributed by atoms with Crippen LogP contribution in [0.4, 0.5) is 4.39 Å². The zero-order valence-corrected chi connectivity index (χ0v) is 11.1. The Balaban J connectivity index is 2.53. The third-order valence-electron chi connectivity index (χ3n) is 2.78. The summed E-state index contributed by atoms with van der Waals surface area (Å²) in [5, 5.41) is 0.112. The molecule has 0 saturated carbocycles. The van der Waals surface area contributed by atoms with Crippen LogP contribution in [0.2, 0.25) is 5.02 Å². The summed E-state index contributed by atoms with van der Waals surface area (Å²) in [6.07, 6.45) is 0. The molecule has 2 aromatic rings. The highest BCUT2D eigenvalue weighted by atomic mass is 35.5. The first-order valence-electron chi connectivity index (χ1n) is 5.47. The van der Waals surface area contributed by atoms with Crippen molar-refractivity contribution in [2.75, 3.05) is 0 Å². The molecule has 0 bridgehead atoms. The van der Waals surface area contributed by atoms with Crippen LogP contribution in [0.3, 0.4) is 0 Å². The largest absolute Gasteiger partial charge is 0.466 e. The van der Waals surface area contributed by atoms with Crippen LogP contribution in [0.5, 0.6) is 0 Å². The topological polar surface area (TPSA) is 30.2 Å². The molecule has 4 heteroatoms. The number of benzene rings is 1. The van der Waals surface area contributed by atoms with Crippen molar-refractivity contribution in [3.05, 3.63) is 57.2 Å². The van der Waals surface area contributed by atoms with E-state index in [0.29, 0.717) is 28.2 Å². The molecule has 0 N–H and O–H groups in total. The normalized spacial score (nSPS) is 10.7. The van der Waals surface area contributed by atoms with Gasteiger partial charge in [0.25, 0.3) is 0 Å². The van der Waals surface area contributed by atoms with Crippen molar-refractivity contribution in [2.45, 2.75) is 20.8 Å². The van der Waals surface area contributed by atoms with E-state index in [2.05, 4.69) is 0 Å². The lowest BCUT2D eigenvalue weighted by Gasteiger charge is -2.05. The molecule has 18 heavy (non-hydrogen) atoms. The minimum Gasteiger partial charge on any atom is -0.466 e. The average Bonchev–Trinajstić information content (AvgIpc) is 2.62. The molecule has 1 aromatic heterocycles. The van der Waals surface area contributed by atoms with Gasteiger partial charge in [0.15, 0.2) is 5.78 Å². The van der Waals surface area contributed by atoms with Gasteiger partial charge in [-0.3, -0.25) is 4.79 Å². The molecule has 0 aliphatic carbocycles. The molecule has 0 aliphatic heterocycles. The second kappa shape index (κ2) is 4.58. The SMILES string of the molecule is Cc1cc(C(=O)c2cc(C)c(F)cc2Cl)c(C)o1. The molecule has 2 nitrogen and oxygen atoms in total. The van der Waals surface area contributed by atoms with Crippen molar-refractivity contribution >= 4 is 17.4 Å². The third-order valence-corrected chi connectivity index (χ3v) is 3.09. The van der Waals surface area contributed by atoms with Gasteiger partial charge in [0.1, 0.15) is 17.3 Å². The highest BCUT2D eigenvalue weighted by molar-refractivity contribution is 6.35. The van der Waals surface area contributed by atoms with Crippen LogP contribution < -0.4 is 0 Å². The number of furan rings is 1. The first-order chi connectivity index (χ1) is 8.40. The Morgan fingerprint density at radius 1 is 1.17 bits per heavy atom. The number of hydrogen-bond donors (Lipinski definition) is 0. The minimum absolute atomic E-state index is 0.112. The van der Waals surface area contributed by atoms with Crippen molar-refractivity contribution in [1.29, 1.82) is 0 Å². The van der Waals surface area contributed by atoms with E-state index in [1.807, 2.05) is 0 Å². The minimum atomic E-state index is -0.420. The van der Waals surface area contributed by atoms with E-state index in [-0.39, 0.29) is 10.8 Å². The molecule has 0 spiro atoms. The van der Waals surface area contributed by atoms with Crippen molar-refractivity contribution < 1.29 is 13.6 Å². The van der Waals surface area contributed by atoms with E-state index >= 15 is 0 Å². The summed E-state index contributed by atoms with van der Waals surface area (Å²) in [5.41, 5.74) is 1.14. The molecule has 1 aromatic carbocycles. The van der Waals surface area contributed by atoms with Crippen LogP contribution >= 0.6 is 11.6 Å². The molecule has 2 rings (SSSR count). The van der Waals surface area contributed by atoms with Crippen molar-refractivity contribution in [3.63, 3.8) is 0 Å². The Labute approximate surface area is 109 Å². The Hall–Kier alpha value is -1.61. The maximum absolute atomic E-state index is 13.3. The first kappa shape index (κ1) is 12.8. The van der Waals surface area contributed by atoms with Crippen LogP contribution in [0.1, 0.15) is 33.0 Å². The summed E-state index contributed by atoms with van der Waals surface area (Å²) >= 11 is 5.91. The zero-order chi connectivity index (χ0) is 13.4. The molecule has 0 saturated heterocycles. The van der Waals surface area contributed by atoms with Gasteiger partial charge < -0.3 is 4.42 Å². The zero-order valence-electron chi connectivity index (χ0n) is 10.3. The van der Waals surface area contributed by atoms with Crippen LogP contribution in [0, 0.1) is 26.6 Å². The van der Waals surface area contributed by atoms with E-state index in [1.165, 1.54) is 6.07 Å². The standard InChI is InChI=1S/C14H12ClFO2/c1-7-4-11(12(15)6-13(7)16)14(17)10-5-8(2)18-9(10)3/h4-6H,1-3H3. The second-order valence-electron chi connectivity index (χ2n) is 4.24. The van der Waals surface area contributed by atoms with Crippen molar-refractivity contribution in [2.24, 2.45) is 0 Å². The van der Waals surface area contributed by atoms with Crippen LogP contribution in [-0.2, 0) is 0 Å². The van der Waals surface area contributed by atoms with Crippen molar-refractivity contribution in [1.82, 2.24) is 0 Å². The number of halogens is 2. The predicted molar refractivity (Wildman–Crippen MR) is 67.8 cm³/mol. The highest BCUT2D eigenvalue weighted by Gasteiger charge is 2.19. The monoisotopic (exact) mass is 266 g/mol. The van der Waals surface area contributed by atoms with E-state index in [4.69, 9.17) is 16.0 Å². The van der Waals surface area contributed by atoms with Gasteiger partial charge in [-0.1, -0.05) is 11.6 Å². The lowest BCUT2D eigenvalue weighted by Crippen LogP contribution is -2.04. The van der Waals surface area contributed by atoms with E-state index in [9.17, 15) is 9.18 Å². The third kappa shape index (κ3) is 2.18. The lowest BCUT2D eigenvalue weighted by atomic mass is 10.0. The van der Waals surface area contributed by atoms with Crippen molar-refractivity contribution in [3.8, 4) is 0 Å². The fourth-order valence-electron chi connectivity index (χ4n) is 1.83. The van der Waals surface area contributed by atoms with E-state index < -0.39 is 5.82 Å². The van der Waals surface area contributed by atoms with Crippen LogP contribution in [0.25, 0.3) is 0 Å². The molecular formula is C14H12ClFO2. The van der Waals surface area contributed by atoms with Gasteiger partial charge in [0, 0.05) is 5.56 Å². The fraction of sp³-hybridized carbons (Fsp3) is 0.214. The molecule has 0 amide bonds. The average molecular weight is 267 g/mol. The summed E-state index contributed by atoms with van der Waals surface area (Å²) in [5.74, 6) is 0.524. The maximum Gasteiger partial charge on any atom is 0.198 e. The fourth-order valence-corrected chi connectivity index (χ4v) is 2.07. The van der Waals surface area contributed by atoms with E-state index in [0.717, 1.165) is 6.07 Å². The number of hydrogen-bond acceptors (Lipinski definition) is 2. The molecule has 0 radical (unpaired) electrons. The summed E-state index contributed by atoms with van der Waals surface area (Å²) in [4.78, 5) is 12.3. The van der Waals surface area contributed by atoms with E-state index in [1.54, 1.807) is 26.8 Å². The van der Waals surface area contributed by atoms with Gasteiger partial charge in [0.05, 0.1) is 10.6 Å². The van der Waals surface area contributed by atoms with Gasteiger partial charge >= 0.3 is 0 Å². The van der Waals surface area contributed by atoms with Gasteiger partial charge in [-0.2, -0.15) is 0 Å². The Morgan fingerprint density at radius 3 is 2.39 bits per heavy atom. The molecule has 0 unspecified atom stereocenters. The second-order valence-corrected chi connectivity index (χ2v) is 4.64. The quantitative estimate of drug-likeness (QED) is 0.762.